The largest absolute Gasteiger partial charge is 0.370 e. The summed E-state index contributed by atoms with van der Waals surface area (Å²) in [6.45, 7) is 10.6. The van der Waals surface area contributed by atoms with Crippen molar-refractivity contribution in [3.8, 4) is 0 Å². The van der Waals surface area contributed by atoms with Gasteiger partial charge in [0.15, 0.2) is 0 Å². The Morgan fingerprint density at radius 3 is 3.06 bits per heavy atom. The van der Waals surface area contributed by atoms with Gasteiger partial charge in [0, 0.05) is 38.3 Å². The van der Waals surface area contributed by atoms with Crippen molar-refractivity contribution in [2.45, 2.75) is 26.8 Å². The standard InChI is InChI=1S/C13H23N5/c1-10(2)7-15-12-6-13(17-9-16-12)18-5-4-14-8-11(18)3/h6,9-11,14H,4-5,7-8H2,1-3H3,(H,15,16,17). The Balaban J connectivity index is 2.06. The van der Waals surface area contributed by atoms with Gasteiger partial charge in [0.2, 0.25) is 0 Å². The van der Waals surface area contributed by atoms with Crippen LogP contribution < -0.4 is 15.5 Å². The number of rotatable bonds is 4. The Morgan fingerprint density at radius 2 is 2.33 bits per heavy atom. The number of anilines is 2. The van der Waals surface area contributed by atoms with Crippen LogP contribution in [0.5, 0.6) is 0 Å². The van der Waals surface area contributed by atoms with Gasteiger partial charge in [-0.3, -0.25) is 0 Å². The fraction of sp³-hybridized carbons (Fsp3) is 0.692. The molecule has 1 unspecified atom stereocenters. The van der Waals surface area contributed by atoms with E-state index in [2.05, 4.69) is 46.3 Å². The molecule has 18 heavy (non-hydrogen) atoms. The average Bonchev–Trinajstić information content (AvgIpc) is 2.37. The van der Waals surface area contributed by atoms with Crippen molar-refractivity contribution < 1.29 is 0 Å². The number of nitrogens with one attached hydrogen (secondary N) is 2. The van der Waals surface area contributed by atoms with Crippen LogP contribution in [0.25, 0.3) is 0 Å². The van der Waals surface area contributed by atoms with Crippen molar-refractivity contribution in [3.05, 3.63) is 12.4 Å². The van der Waals surface area contributed by atoms with Crippen LogP contribution in [0.15, 0.2) is 12.4 Å². The lowest BCUT2D eigenvalue weighted by Gasteiger charge is -2.34. The van der Waals surface area contributed by atoms with E-state index in [9.17, 15) is 0 Å². The maximum Gasteiger partial charge on any atom is 0.134 e. The molecule has 0 saturated carbocycles. The molecule has 1 aliphatic rings. The predicted octanol–water partition coefficient (Wildman–Crippen LogP) is 1.34. The molecule has 0 amide bonds. The molecular formula is C13H23N5. The number of piperazine rings is 1. The van der Waals surface area contributed by atoms with Crippen molar-refractivity contribution in [2.75, 3.05) is 36.4 Å². The molecule has 2 N–H and O–H groups in total. The molecule has 0 radical (unpaired) electrons. The number of nitrogens with zero attached hydrogens (tertiary/aromatic N) is 3. The molecule has 5 nitrogen and oxygen atoms in total. The van der Waals surface area contributed by atoms with Crippen molar-refractivity contribution >= 4 is 11.6 Å². The van der Waals surface area contributed by atoms with Gasteiger partial charge in [-0.2, -0.15) is 0 Å². The summed E-state index contributed by atoms with van der Waals surface area (Å²) < 4.78 is 0. The number of hydrogen-bond donors (Lipinski definition) is 2. The first kappa shape index (κ1) is 13.1. The van der Waals surface area contributed by atoms with Gasteiger partial charge in [0.1, 0.15) is 18.0 Å². The zero-order valence-corrected chi connectivity index (χ0v) is 11.5. The second-order valence-corrected chi connectivity index (χ2v) is 5.28. The highest BCUT2D eigenvalue weighted by atomic mass is 15.3. The lowest BCUT2D eigenvalue weighted by Crippen LogP contribution is -2.50. The van der Waals surface area contributed by atoms with Crippen molar-refractivity contribution in [2.24, 2.45) is 5.92 Å². The summed E-state index contributed by atoms with van der Waals surface area (Å²) in [5.41, 5.74) is 0. The first-order valence-corrected chi connectivity index (χ1v) is 6.70. The molecule has 100 valence electrons. The topological polar surface area (TPSA) is 53.1 Å². The highest BCUT2D eigenvalue weighted by Crippen LogP contribution is 2.17. The maximum atomic E-state index is 4.39. The molecule has 5 heteroatoms. The third-order valence-electron chi connectivity index (χ3n) is 3.14. The van der Waals surface area contributed by atoms with Crippen LogP contribution in [0.1, 0.15) is 20.8 Å². The highest BCUT2D eigenvalue weighted by Gasteiger charge is 2.19. The molecule has 1 aliphatic heterocycles. The molecule has 1 aromatic heterocycles. The highest BCUT2D eigenvalue weighted by molar-refractivity contribution is 5.49. The van der Waals surface area contributed by atoms with Crippen LogP contribution in [0.3, 0.4) is 0 Å². The molecule has 1 aromatic rings. The fourth-order valence-corrected chi connectivity index (χ4v) is 2.09. The fourth-order valence-electron chi connectivity index (χ4n) is 2.09. The smallest absolute Gasteiger partial charge is 0.134 e. The second kappa shape index (κ2) is 6.00. The van der Waals surface area contributed by atoms with Gasteiger partial charge in [-0.25, -0.2) is 9.97 Å². The Kier molecular flexibility index (Phi) is 4.36. The SMILES string of the molecule is CC(C)CNc1cc(N2CCNCC2C)ncn1. The summed E-state index contributed by atoms with van der Waals surface area (Å²) in [5.74, 6) is 2.55. The van der Waals surface area contributed by atoms with E-state index in [0.29, 0.717) is 12.0 Å². The predicted molar refractivity (Wildman–Crippen MR) is 75.0 cm³/mol. The minimum Gasteiger partial charge on any atom is -0.370 e. The molecule has 2 heterocycles. The lowest BCUT2D eigenvalue weighted by molar-refractivity contribution is 0.497. The van der Waals surface area contributed by atoms with Crippen molar-refractivity contribution in [3.63, 3.8) is 0 Å². The molecular weight excluding hydrogens is 226 g/mol. The Hall–Kier alpha value is -1.36. The van der Waals surface area contributed by atoms with Crippen LogP contribution >= 0.6 is 0 Å². The van der Waals surface area contributed by atoms with Gasteiger partial charge >= 0.3 is 0 Å². The van der Waals surface area contributed by atoms with Crippen molar-refractivity contribution in [1.82, 2.24) is 15.3 Å². The minimum atomic E-state index is 0.478. The average molecular weight is 249 g/mol. The summed E-state index contributed by atoms with van der Waals surface area (Å²) in [6.07, 6.45) is 1.65. The van der Waals surface area contributed by atoms with Crippen LogP contribution in [0.2, 0.25) is 0 Å². The Morgan fingerprint density at radius 1 is 1.50 bits per heavy atom. The molecule has 1 saturated heterocycles. The van der Waals surface area contributed by atoms with Gasteiger partial charge in [-0.05, 0) is 12.8 Å². The second-order valence-electron chi connectivity index (χ2n) is 5.28. The van der Waals surface area contributed by atoms with E-state index in [4.69, 9.17) is 0 Å². The monoisotopic (exact) mass is 249 g/mol. The zero-order valence-electron chi connectivity index (χ0n) is 11.5. The number of hydrogen-bond acceptors (Lipinski definition) is 5. The summed E-state index contributed by atoms with van der Waals surface area (Å²) >= 11 is 0. The van der Waals surface area contributed by atoms with E-state index in [1.807, 2.05) is 6.07 Å². The first-order valence-electron chi connectivity index (χ1n) is 6.70. The third-order valence-corrected chi connectivity index (χ3v) is 3.14. The normalized spacial score (nSPS) is 20.2. The summed E-state index contributed by atoms with van der Waals surface area (Å²) in [5, 5.41) is 6.73. The van der Waals surface area contributed by atoms with Crippen LogP contribution in [-0.4, -0.2) is 42.2 Å². The van der Waals surface area contributed by atoms with Gasteiger partial charge in [-0.15, -0.1) is 0 Å². The number of aromatic nitrogens is 2. The Labute approximate surface area is 109 Å². The molecule has 0 aromatic carbocycles. The van der Waals surface area contributed by atoms with Gasteiger partial charge in [0.25, 0.3) is 0 Å². The molecule has 0 aliphatic carbocycles. The quantitative estimate of drug-likeness (QED) is 0.843. The van der Waals surface area contributed by atoms with Crippen molar-refractivity contribution in [1.29, 1.82) is 0 Å². The molecule has 0 spiro atoms. The van der Waals surface area contributed by atoms with E-state index >= 15 is 0 Å². The van der Waals surface area contributed by atoms with E-state index in [1.165, 1.54) is 0 Å². The van der Waals surface area contributed by atoms with E-state index in [1.54, 1.807) is 6.33 Å². The first-order chi connectivity index (χ1) is 8.66. The summed E-state index contributed by atoms with van der Waals surface area (Å²) in [7, 11) is 0. The van der Waals surface area contributed by atoms with Crippen LogP contribution in [0.4, 0.5) is 11.6 Å². The summed E-state index contributed by atoms with van der Waals surface area (Å²) in [4.78, 5) is 11.0. The van der Waals surface area contributed by atoms with Crippen LogP contribution in [0, 0.1) is 5.92 Å². The van der Waals surface area contributed by atoms with Gasteiger partial charge in [-0.1, -0.05) is 13.8 Å². The van der Waals surface area contributed by atoms with Crippen LogP contribution in [-0.2, 0) is 0 Å². The van der Waals surface area contributed by atoms with Gasteiger partial charge < -0.3 is 15.5 Å². The molecule has 0 bridgehead atoms. The minimum absolute atomic E-state index is 0.478. The summed E-state index contributed by atoms with van der Waals surface area (Å²) in [6, 6.07) is 2.52. The maximum absolute atomic E-state index is 4.39. The zero-order chi connectivity index (χ0) is 13.0. The molecule has 2 rings (SSSR count). The lowest BCUT2D eigenvalue weighted by atomic mass is 10.2. The van der Waals surface area contributed by atoms with E-state index in [0.717, 1.165) is 37.8 Å². The van der Waals surface area contributed by atoms with E-state index in [-0.39, 0.29) is 0 Å². The Bertz CT molecular complexity index is 379. The molecule has 1 fully saturated rings. The van der Waals surface area contributed by atoms with Gasteiger partial charge in [0.05, 0.1) is 0 Å². The third kappa shape index (κ3) is 3.32. The van der Waals surface area contributed by atoms with E-state index < -0.39 is 0 Å². The molecule has 1 atom stereocenters.